The van der Waals surface area contributed by atoms with Gasteiger partial charge in [-0.3, -0.25) is 0 Å². The Balaban J connectivity index is 1.65. The normalized spacial score (nSPS) is 11.7. The summed E-state index contributed by atoms with van der Waals surface area (Å²) in [5, 5.41) is 0. The molecule has 39 heavy (non-hydrogen) atoms. The van der Waals surface area contributed by atoms with Crippen LogP contribution in [0.25, 0.3) is 57.0 Å². The zero-order valence-electron chi connectivity index (χ0n) is 18.9. The first-order valence-electron chi connectivity index (χ1n) is 10.6. The maximum atomic E-state index is 14.6. The molecule has 0 spiro atoms. The van der Waals surface area contributed by atoms with Crippen molar-refractivity contribution in [3.63, 3.8) is 0 Å². The van der Waals surface area contributed by atoms with E-state index in [1.807, 2.05) is 0 Å². The van der Waals surface area contributed by atoms with Gasteiger partial charge < -0.3 is 8.83 Å². The third-order valence-corrected chi connectivity index (χ3v) is 5.46. The van der Waals surface area contributed by atoms with Gasteiger partial charge in [-0.2, -0.15) is 4.98 Å². The average molecular weight is 549 g/mol. The Morgan fingerprint density at radius 3 is 1.54 bits per heavy atom. The fraction of sp³-hybridized carbons (Fsp3) is 0.0417. The Labute approximate surface area is 209 Å². The first kappa shape index (κ1) is 24.4. The van der Waals surface area contributed by atoms with Gasteiger partial charge in [-0.25, -0.2) is 55.1 Å². The Bertz CT molecular complexity index is 1850. The lowest BCUT2D eigenvalue weighted by atomic mass is 10.1. The quantitative estimate of drug-likeness (QED) is 0.140. The van der Waals surface area contributed by atoms with Crippen molar-refractivity contribution in [1.29, 1.82) is 0 Å². The molecule has 0 saturated carbocycles. The molecule has 3 aromatic heterocycles. The Morgan fingerprint density at radius 1 is 0.513 bits per heavy atom. The third kappa shape index (κ3) is 3.84. The van der Waals surface area contributed by atoms with Gasteiger partial charge in [0.2, 0.25) is 17.5 Å². The van der Waals surface area contributed by atoms with Crippen LogP contribution in [-0.2, 0) is 0 Å². The fourth-order valence-electron chi connectivity index (χ4n) is 3.75. The molecule has 6 rings (SSSR count). The van der Waals surface area contributed by atoms with E-state index < -0.39 is 92.5 Å². The molecule has 196 valence electrons. The van der Waals surface area contributed by atoms with Crippen molar-refractivity contribution in [2.24, 2.45) is 0 Å². The average Bonchev–Trinajstić information content (AvgIpc) is 3.51. The Morgan fingerprint density at radius 2 is 0.974 bits per heavy atom. The number of oxazole rings is 2. The molecule has 0 N–H and O–H groups in total. The van der Waals surface area contributed by atoms with E-state index in [-0.39, 0.29) is 11.1 Å². The molecule has 0 aliphatic rings. The summed E-state index contributed by atoms with van der Waals surface area (Å²) in [5.74, 6) is -18.2. The van der Waals surface area contributed by atoms with Gasteiger partial charge in [-0.05, 0) is 24.6 Å². The lowest BCUT2D eigenvalue weighted by Crippen LogP contribution is -2.08. The van der Waals surface area contributed by atoms with Gasteiger partial charge in [0, 0.05) is 12.1 Å². The smallest absolute Gasteiger partial charge is 0.266 e. The van der Waals surface area contributed by atoms with Gasteiger partial charge in [-0.1, -0.05) is 0 Å². The SMILES string of the molecule is Cc1cc(F)c2nc(-c3nc(-c4nc5c(F)cc(F)cc5o4)nc(-c4c(F)c(F)c(F)c(F)c4F)n3)oc2c1. The molecule has 0 saturated heterocycles. The van der Waals surface area contributed by atoms with Crippen molar-refractivity contribution >= 4 is 22.2 Å². The molecular formula is C24H7F8N5O2. The fourth-order valence-corrected chi connectivity index (χ4v) is 3.75. The van der Waals surface area contributed by atoms with E-state index in [9.17, 15) is 35.1 Å². The van der Waals surface area contributed by atoms with Crippen LogP contribution in [0.1, 0.15) is 5.56 Å². The minimum absolute atomic E-state index is 0.0818. The predicted octanol–water partition coefficient (Wildman–Crippen LogP) is 6.58. The van der Waals surface area contributed by atoms with Crippen LogP contribution in [0.2, 0.25) is 0 Å². The summed E-state index contributed by atoms with van der Waals surface area (Å²) in [5.41, 5.74) is -2.37. The van der Waals surface area contributed by atoms with E-state index >= 15 is 0 Å². The van der Waals surface area contributed by atoms with Gasteiger partial charge in [0.15, 0.2) is 51.9 Å². The highest BCUT2D eigenvalue weighted by Gasteiger charge is 2.30. The number of benzene rings is 3. The molecule has 3 heterocycles. The molecule has 6 aromatic rings. The number of aromatic nitrogens is 5. The summed E-state index contributed by atoms with van der Waals surface area (Å²) in [7, 11) is 0. The minimum Gasteiger partial charge on any atom is -0.433 e. The summed E-state index contributed by atoms with van der Waals surface area (Å²) in [6.45, 7) is 1.56. The maximum absolute atomic E-state index is 14.6. The van der Waals surface area contributed by atoms with E-state index in [0.717, 1.165) is 12.1 Å². The van der Waals surface area contributed by atoms with Gasteiger partial charge in [0.05, 0.1) is 5.56 Å². The molecule has 15 heteroatoms. The first-order valence-corrected chi connectivity index (χ1v) is 10.6. The Hall–Kier alpha value is -4.95. The van der Waals surface area contributed by atoms with Crippen LogP contribution in [0.15, 0.2) is 33.1 Å². The van der Waals surface area contributed by atoms with Gasteiger partial charge in [0.25, 0.3) is 11.8 Å². The molecule has 0 aliphatic carbocycles. The second kappa shape index (κ2) is 8.54. The summed E-state index contributed by atoms with van der Waals surface area (Å²) in [4.78, 5) is 19.0. The second-order valence-electron chi connectivity index (χ2n) is 8.12. The topological polar surface area (TPSA) is 90.7 Å². The first-order chi connectivity index (χ1) is 18.5. The van der Waals surface area contributed by atoms with E-state index in [4.69, 9.17) is 8.83 Å². The summed E-state index contributed by atoms with van der Waals surface area (Å²) in [6, 6.07) is 3.82. The molecule has 0 fully saturated rings. The molecule has 0 atom stereocenters. The highest BCUT2D eigenvalue weighted by molar-refractivity contribution is 5.78. The summed E-state index contributed by atoms with van der Waals surface area (Å²) >= 11 is 0. The molecule has 0 amide bonds. The number of hydrogen-bond donors (Lipinski definition) is 0. The highest BCUT2D eigenvalue weighted by Crippen LogP contribution is 2.33. The highest BCUT2D eigenvalue weighted by atomic mass is 19.2. The van der Waals surface area contributed by atoms with Crippen LogP contribution >= 0.6 is 0 Å². The van der Waals surface area contributed by atoms with Crippen LogP contribution in [0.5, 0.6) is 0 Å². The molecule has 3 aromatic carbocycles. The van der Waals surface area contributed by atoms with Crippen LogP contribution < -0.4 is 0 Å². The number of halogens is 8. The largest absolute Gasteiger partial charge is 0.433 e. The minimum atomic E-state index is -2.43. The zero-order valence-corrected chi connectivity index (χ0v) is 18.9. The number of rotatable bonds is 3. The maximum Gasteiger partial charge on any atom is 0.266 e. The van der Waals surface area contributed by atoms with E-state index in [1.165, 1.54) is 6.07 Å². The molecule has 0 aliphatic heterocycles. The summed E-state index contributed by atoms with van der Waals surface area (Å²) < 4.78 is 124. The second-order valence-corrected chi connectivity index (χ2v) is 8.12. The van der Waals surface area contributed by atoms with Crippen molar-refractivity contribution in [3.05, 3.63) is 76.4 Å². The zero-order chi connectivity index (χ0) is 27.7. The molecular weight excluding hydrogens is 542 g/mol. The van der Waals surface area contributed by atoms with Crippen molar-refractivity contribution < 1.29 is 44.0 Å². The van der Waals surface area contributed by atoms with Crippen molar-refractivity contribution in [2.75, 3.05) is 0 Å². The number of fused-ring (bicyclic) bond motifs is 2. The molecule has 0 bridgehead atoms. The van der Waals surface area contributed by atoms with Crippen LogP contribution in [0.3, 0.4) is 0 Å². The van der Waals surface area contributed by atoms with Gasteiger partial charge in [0.1, 0.15) is 16.9 Å². The van der Waals surface area contributed by atoms with E-state index in [1.54, 1.807) is 6.92 Å². The van der Waals surface area contributed by atoms with Crippen LogP contribution in [-0.4, -0.2) is 24.9 Å². The van der Waals surface area contributed by atoms with E-state index in [0.29, 0.717) is 11.6 Å². The predicted molar refractivity (Wildman–Crippen MR) is 116 cm³/mol. The molecule has 0 unspecified atom stereocenters. The number of nitrogens with zero attached hydrogens (tertiary/aromatic N) is 5. The van der Waals surface area contributed by atoms with Crippen molar-refractivity contribution in [3.8, 4) is 34.8 Å². The van der Waals surface area contributed by atoms with E-state index in [2.05, 4.69) is 24.9 Å². The lowest BCUT2D eigenvalue weighted by molar-refractivity contribution is 0.380. The molecule has 0 radical (unpaired) electrons. The van der Waals surface area contributed by atoms with Gasteiger partial charge in [-0.15, -0.1) is 0 Å². The van der Waals surface area contributed by atoms with Gasteiger partial charge >= 0.3 is 0 Å². The molecule has 7 nitrogen and oxygen atoms in total. The number of aryl methyl sites for hydroxylation is 1. The lowest BCUT2D eigenvalue weighted by Gasteiger charge is -2.08. The Kier molecular flexibility index (Phi) is 5.34. The third-order valence-electron chi connectivity index (χ3n) is 5.46. The van der Waals surface area contributed by atoms with Crippen LogP contribution in [0.4, 0.5) is 35.1 Å². The van der Waals surface area contributed by atoms with Crippen LogP contribution in [0, 0.1) is 53.5 Å². The summed E-state index contributed by atoms with van der Waals surface area (Å²) in [6.07, 6.45) is 0. The monoisotopic (exact) mass is 549 g/mol. The standard InChI is InChI=1S/C24H7F8N5O2/c1-6-2-8(26)18-10(3-6)38-23(33-18)21-35-20(12-13(28)15(30)17(32)16(31)14(12)29)36-22(37-21)24-34-19-9(27)4-7(25)5-11(19)39-24/h2-5H,1H3. The number of hydrogen-bond acceptors (Lipinski definition) is 7. The van der Waals surface area contributed by atoms with Crippen molar-refractivity contribution in [2.45, 2.75) is 6.92 Å². The van der Waals surface area contributed by atoms with Crippen molar-refractivity contribution in [1.82, 2.24) is 24.9 Å².